The van der Waals surface area contributed by atoms with Gasteiger partial charge in [0, 0.05) is 6.04 Å². The number of hydrogen-bond acceptors (Lipinski definition) is 2. The molecule has 0 heterocycles. The Labute approximate surface area is 152 Å². The number of rotatable bonds is 3. The number of nitrogens with one attached hydrogen (secondary N) is 1. The van der Waals surface area contributed by atoms with Crippen molar-refractivity contribution in [2.75, 3.05) is 0 Å². The standard InChI is InChI=1S/C16H20Cl3NO2S/c1-15(2)9-4-5-16(3,8-9)14(15)20-23(21,22)13-7-11(18)10(17)6-12(13)19/h6-7,9,14,20H,4-5,8H2,1-3H3/t9-,14-,16-/m1/s1. The molecule has 3 nitrogen and oxygen atoms in total. The Bertz CT molecular complexity index is 758. The van der Waals surface area contributed by atoms with E-state index in [2.05, 4.69) is 25.5 Å². The molecule has 2 bridgehead atoms. The summed E-state index contributed by atoms with van der Waals surface area (Å²) in [5, 5.41) is 0.496. The minimum atomic E-state index is -3.77. The fourth-order valence-corrected chi connectivity index (χ4v) is 7.06. The van der Waals surface area contributed by atoms with E-state index in [0.29, 0.717) is 5.92 Å². The van der Waals surface area contributed by atoms with E-state index in [4.69, 9.17) is 34.8 Å². The van der Waals surface area contributed by atoms with Crippen molar-refractivity contribution < 1.29 is 8.42 Å². The summed E-state index contributed by atoms with van der Waals surface area (Å²) in [5.74, 6) is 0.546. The third-order valence-corrected chi connectivity index (χ3v) is 8.42. The number of benzene rings is 1. The largest absolute Gasteiger partial charge is 0.242 e. The highest BCUT2D eigenvalue weighted by molar-refractivity contribution is 7.89. The van der Waals surface area contributed by atoms with Crippen molar-refractivity contribution in [2.24, 2.45) is 16.7 Å². The topological polar surface area (TPSA) is 46.2 Å². The molecule has 0 unspecified atom stereocenters. The zero-order valence-corrected chi connectivity index (χ0v) is 16.4. The van der Waals surface area contributed by atoms with Gasteiger partial charge in [-0.05, 0) is 48.1 Å². The predicted octanol–water partition coefficient (Wildman–Crippen LogP) is 5.14. The van der Waals surface area contributed by atoms with Crippen LogP contribution in [0.3, 0.4) is 0 Å². The van der Waals surface area contributed by atoms with E-state index >= 15 is 0 Å². The van der Waals surface area contributed by atoms with E-state index in [-0.39, 0.29) is 36.8 Å². The third-order valence-electron chi connectivity index (χ3n) is 5.81. The lowest BCUT2D eigenvalue weighted by Crippen LogP contribution is -2.52. The van der Waals surface area contributed by atoms with Gasteiger partial charge in [0.05, 0.1) is 15.1 Å². The fourth-order valence-electron chi connectivity index (χ4n) is 4.53. The molecule has 0 spiro atoms. The number of sulfonamides is 1. The van der Waals surface area contributed by atoms with Crippen molar-refractivity contribution >= 4 is 44.8 Å². The van der Waals surface area contributed by atoms with Crippen molar-refractivity contribution in [1.82, 2.24) is 4.72 Å². The van der Waals surface area contributed by atoms with Crippen LogP contribution in [0.1, 0.15) is 40.0 Å². The van der Waals surface area contributed by atoms with Crippen LogP contribution in [0.5, 0.6) is 0 Å². The molecule has 1 aromatic rings. The van der Waals surface area contributed by atoms with Crippen LogP contribution in [0.25, 0.3) is 0 Å². The van der Waals surface area contributed by atoms with Crippen LogP contribution in [0, 0.1) is 16.7 Å². The Kier molecular flexibility index (Phi) is 4.26. The summed E-state index contributed by atoms with van der Waals surface area (Å²) in [7, 11) is -3.77. The van der Waals surface area contributed by atoms with E-state index in [1.165, 1.54) is 12.1 Å². The Morgan fingerprint density at radius 1 is 1.09 bits per heavy atom. The molecule has 2 aliphatic carbocycles. The molecule has 128 valence electrons. The average Bonchev–Trinajstić information content (AvgIpc) is 2.90. The first-order valence-corrected chi connectivity index (χ1v) is 10.3. The van der Waals surface area contributed by atoms with Gasteiger partial charge in [0.2, 0.25) is 10.0 Å². The first kappa shape index (κ1) is 17.8. The highest BCUT2D eigenvalue weighted by Gasteiger charge is 2.60. The summed E-state index contributed by atoms with van der Waals surface area (Å²) in [6.45, 7) is 6.46. The van der Waals surface area contributed by atoms with Gasteiger partial charge in [-0.25, -0.2) is 13.1 Å². The lowest BCUT2D eigenvalue weighted by atomic mass is 9.69. The van der Waals surface area contributed by atoms with Crippen LogP contribution in [0.15, 0.2) is 17.0 Å². The number of hydrogen-bond donors (Lipinski definition) is 1. The average molecular weight is 397 g/mol. The van der Waals surface area contributed by atoms with E-state index in [1.54, 1.807) is 0 Å². The summed E-state index contributed by atoms with van der Waals surface area (Å²) in [5.41, 5.74) is -0.0906. The fraction of sp³-hybridized carbons (Fsp3) is 0.625. The quantitative estimate of drug-likeness (QED) is 0.719. The summed E-state index contributed by atoms with van der Waals surface area (Å²) in [6.07, 6.45) is 3.26. The summed E-state index contributed by atoms with van der Waals surface area (Å²) < 4.78 is 28.7. The molecule has 1 aromatic carbocycles. The SMILES string of the molecule is CC1(C)[C@@H]2CC[C@](C)(C2)[C@@H]1NS(=O)(=O)c1cc(Cl)c(Cl)cc1Cl. The highest BCUT2D eigenvalue weighted by Crippen LogP contribution is 2.62. The molecule has 0 aliphatic heterocycles. The van der Waals surface area contributed by atoms with E-state index < -0.39 is 10.0 Å². The van der Waals surface area contributed by atoms with Gasteiger partial charge in [-0.3, -0.25) is 0 Å². The van der Waals surface area contributed by atoms with Crippen LogP contribution in [-0.4, -0.2) is 14.5 Å². The first-order chi connectivity index (χ1) is 10.5. The second-order valence-electron chi connectivity index (χ2n) is 7.67. The van der Waals surface area contributed by atoms with Gasteiger partial charge in [-0.1, -0.05) is 55.6 Å². The van der Waals surface area contributed by atoms with Crippen molar-refractivity contribution in [3.05, 3.63) is 27.2 Å². The third kappa shape index (κ3) is 2.81. The second-order valence-corrected chi connectivity index (χ2v) is 10.6. The second kappa shape index (κ2) is 5.50. The number of halogens is 3. The van der Waals surface area contributed by atoms with E-state index in [1.807, 2.05) is 0 Å². The molecule has 2 aliphatic rings. The molecule has 2 fully saturated rings. The normalized spacial score (nSPS) is 32.4. The zero-order valence-electron chi connectivity index (χ0n) is 13.3. The molecule has 0 amide bonds. The molecule has 7 heteroatoms. The Morgan fingerprint density at radius 3 is 2.26 bits per heavy atom. The molecular formula is C16H20Cl3NO2S. The van der Waals surface area contributed by atoms with Gasteiger partial charge < -0.3 is 0 Å². The smallest absolute Gasteiger partial charge is 0.207 e. The van der Waals surface area contributed by atoms with E-state index in [9.17, 15) is 8.42 Å². The Hall–Kier alpha value is -0.000000000000000111. The van der Waals surface area contributed by atoms with Crippen LogP contribution in [-0.2, 0) is 10.0 Å². The summed E-state index contributed by atoms with van der Waals surface area (Å²) >= 11 is 18.0. The van der Waals surface area contributed by atoms with Crippen molar-refractivity contribution in [2.45, 2.75) is 51.0 Å². The molecular weight excluding hydrogens is 377 g/mol. The van der Waals surface area contributed by atoms with Gasteiger partial charge in [0.25, 0.3) is 0 Å². The Balaban J connectivity index is 1.98. The van der Waals surface area contributed by atoms with Gasteiger partial charge in [-0.2, -0.15) is 0 Å². The minimum absolute atomic E-state index is 0.00999. The minimum Gasteiger partial charge on any atom is -0.207 e. The number of fused-ring (bicyclic) bond motifs is 2. The molecule has 0 radical (unpaired) electrons. The van der Waals surface area contributed by atoms with E-state index in [0.717, 1.165) is 19.3 Å². The van der Waals surface area contributed by atoms with Gasteiger partial charge in [0.15, 0.2) is 0 Å². The van der Waals surface area contributed by atoms with Gasteiger partial charge in [-0.15, -0.1) is 0 Å². The van der Waals surface area contributed by atoms with Crippen LogP contribution in [0.2, 0.25) is 15.1 Å². The maximum atomic E-state index is 12.9. The van der Waals surface area contributed by atoms with Crippen molar-refractivity contribution in [3.63, 3.8) is 0 Å². The van der Waals surface area contributed by atoms with Crippen LogP contribution >= 0.6 is 34.8 Å². The Morgan fingerprint density at radius 2 is 1.70 bits per heavy atom. The predicted molar refractivity (Wildman–Crippen MR) is 94.8 cm³/mol. The van der Waals surface area contributed by atoms with Crippen LogP contribution < -0.4 is 4.72 Å². The summed E-state index contributed by atoms with van der Waals surface area (Å²) in [4.78, 5) is -0.0178. The lowest BCUT2D eigenvalue weighted by molar-refractivity contribution is 0.127. The lowest BCUT2D eigenvalue weighted by Gasteiger charge is -2.42. The van der Waals surface area contributed by atoms with Gasteiger partial charge >= 0.3 is 0 Å². The van der Waals surface area contributed by atoms with Crippen molar-refractivity contribution in [1.29, 1.82) is 0 Å². The maximum Gasteiger partial charge on any atom is 0.242 e. The monoisotopic (exact) mass is 395 g/mol. The first-order valence-electron chi connectivity index (χ1n) is 7.64. The molecule has 0 saturated heterocycles. The zero-order chi connectivity index (χ0) is 17.2. The molecule has 1 N–H and O–H groups in total. The molecule has 3 rings (SSSR count). The highest BCUT2D eigenvalue weighted by atomic mass is 35.5. The van der Waals surface area contributed by atoms with Gasteiger partial charge in [0.1, 0.15) is 4.90 Å². The van der Waals surface area contributed by atoms with Crippen molar-refractivity contribution in [3.8, 4) is 0 Å². The molecule has 3 atom stereocenters. The van der Waals surface area contributed by atoms with Crippen LogP contribution in [0.4, 0.5) is 0 Å². The molecule has 0 aromatic heterocycles. The maximum absolute atomic E-state index is 12.9. The summed E-state index contributed by atoms with van der Waals surface area (Å²) in [6, 6.07) is 2.56. The molecule has 2 saturated carbocycles. The molecule has 23 heavy (non-hydrogen) atoms.